The van der Waals surface area contributed by atoms with E-state index in [1.54, 1.807) is 23.5 Å². The van der Waals surface area contributed by atoms with E-state index in [1.807, 2.05) is 36.4 Å². The third kappa shape index (κ3) is 4.06. The Bertz CT molecular complexity index is 1590. The number of thiocarbonyl (C=S) groups is 1. The molecule has 174 valence electrons. The summed E-state index contributed by atoms with van der Waals surface area (Å²) in [6, 6.07) is 17.4. The molecule has 5 rings (SSSR count). The standard InChI is InChI=1S/C25H18ClN5O2S2/c26-14-6-7-17-15(11-14)20(21-16(12-27)23(32)30-24(21)33)22(31(17)9-3-8-29-25(28)34)19-10-13-4-1-2-5-18(13)35-19/h1-2,4-7,10-11H,3,8-9H2,(H3,28,29,34)(H,30,32,33). The molecule has 4 aromatic rings. The van der Waals surface area contributed by atoms with Gasteiger partial charge in [-0.1, -0.05) is 29.8 Å². The van der Waals surface area contributed by atoms with Crippen molar-refractivity contribution in [3.8, 4) is 16.6 Å². The molecule has 35 heavy (non-hydrogen) atoms. The highest BCUT2D eigenvalue weighted by molar-refractivity contribution is 7.80. The highest BCUT2D eigenvalue weighted by Gasteiger charge is 2.36. The van der Waals surface area contributed by atoms with Crippen LogP contribution in [0.2, 0.25) is 5.02 Å². The van der Waals surface area contributed by atoms with Gasteiger partial charge in [0.05, 0.1) is 16.1 Å². The van der Waals surface area contributed by atoms with Gasteiger partial charge in [0.15, 0.2) is 5.11 Å². The van der Waals surface area contributed by atoms with Gasteiger partial charge in [0.25, 0.3) is 11.8 Å². The van der Waals surface area contributed by atoms with E-state index in [0.29, 0.717) is 35.5 Å². The first-order valence-electron chi connectivity index (χ1n) is 10.7. The SMILES string of the molecule is N#CC1=C(c2c(-c3cc4ccccc4s3)n(CCCNC(N)=S)c3ccc(Cl)cc23)C(=O)NC1=O. The molecule has 0 saturated heterocycles. The van der Waals surface area contributed by atoms with E-state index < -0.39 is 11.8 Å². The predicted molar refractivity (Wildman–Crippen MR) is 143 cm³/mol. The summed E-state index contributed by atoms with van der Waals surface area (Å²) in [7, 11) is 0. The van der Waals surface area contributed by atoms with Gasteiger partial charge in [0, 0.05) is 39.3 Å². The summed E-state index contributed by atoms with van der Waals surface area (Å²) in [4.78, 5) is 26.3. The average molecular weight is 520 g/mol. The zero-order valence-corrected chi connectivity index (χ0v) is 20.6. The first kappa shape index (κ1) is 23.1. The number of nitrogens with one attached hydrogen (secondary N) is 2. The summed E-state index contributed by atoms with van der Waals surface area (Å²) in [5, 5.41) is 17.4. The van der Waals surface area contributed by atoms with E-state index >= 15 is 0 Å². The van der Waals surface area contributed by atoms with Crippen LogP contribution in [0.4, 0.5) is 0 Å². The maximum absolute atomic E-state index is 13.0. The maximum atomic E-state index is 13.0. The van der Waals surface area contributed by atoms with Gasteiger partial charge in [-0.25, -0.2) is 0 Å². The van der Waals surface area contributed by atoms with Crippen molar-refractivity contribution in [1.29, 1.82) is 5.26 Å². The molecule has 4 N–H and O–H groups in total. The fourth-order valence-corrected chi connectivity index (χ4v) is 5.81. The van der Waals surface area contributed by atoms with Gasteiger partial charge >= 0.3 is 0 Å². The number of fused-ring (bicyclic) bond motifs is 2. The number of benzene rings is 2. The van der Waals surface area contributed by atoms with E-state index in [4.69, 9.17) is 29.6 Å². The molecular formula is C25H18ClN5O2S2. The van der Waals surface area contributed by atoms with Gasteiger partial charge < -0.3 is 15.6 Å². The number of hydrogen-bond donors (Lipinski definition) is 3. The van der Waals surface area contributed by atoms with Gasteiger partial charge in [-0.15, -0.1) is 11.3 Å². The van der Waals surface area contributed by atoms with Crippen LogP contribution in [0, 0.1) is 11.3 Å². The normalized spacial score (nSPS) is 13.5. The molecule has 0 radical (unpaired) electrons. The molecule has 0 unspecified atom stereocenters. The van der Waals surface area contributed by atoms with Crippen LogP contribution in [0.15, 0.2) is 54.1 Å². The molecule has 1 aliphatic heterocycles. The molecule has 0 saturated carbocycles. The second-order valence-corrected chi connectivity index (χ2v) is 9.93. The second kappa shape index (κ2) is 9.15. The summed E-state index contributed by atoms with van der Waals surface area (Å²) >= 11 is 12.9. The number of nitriles is 1. The van der Waals surface area contributed by atoms with Crippen molar-refractivity contribution >= 4 is 78.6 Å². The number of nitrogens with zero attached hydrogens (tertiary/aromatic N) is 2. The number of imide groups is 1. The van der Waals surface area contributed by atoms with Crippen molar-refractivity contribution in [2.45, 2.75) is 13.0 Å². The minimum atomic E-state index is -0.696. The molecule has 2 aromatic carbocycles. The third-order valence-electron chi connectivity index (χ3n) is 5.84. The zero-order valence-electron chi connectivity index (χ0n) is 18.2. The Kier molecular flexibility index (Phi) is 6.03. The van der Waals surface area contributed by atoms with Crippen LogP contribution in [-0.2, 0) is 16.1 Å². The van der Waals surface area contributed by atoms with Crippen molar-refractivity contribution < 1.29 is 9.59 Å². The molecule has 2 aromatic heterocycles. The van der Waals surface area contributed by atoms with Crippen LogP contribution >= 0.6 is 35.2 Å². The Balaban J connectivity index is 1.83. The monoisotopic (exact) mass is 519 g/mol. The van der Waals surface area contributed by atoms with Crippen molar-refractivity contribution in [2.24, 2.45) is 5.73 Å². The fourth-order valence-electron chi connectivity index (χ4n) is 4.42. The summed E-state index contributed by atoms with van der Waals surface area (Å²) in [5.41, 5.74) is 7.56. The summed E-state index contributed by atoms with van der Waals surface area (Å²) in [6.45, 7) is 1.14. The molecule has 2 amide bonds. The van der Waals surface area contributed by atoms with Gasteiger partial charge in [-0.3, -0.25) is 14.9 Å². The zero-order chi connectivity index (χ0) is 24.7. The summed E-state index contributed by atoms with van der Waals surface area (Å²) < 4.78 is 3.19. The van der Waals surface area contributed by atoms with Gasteiger partial charge in [0.2, 0.25) is 0 Å². The smallest absolute Gasteiger partial charge is 0.269 e. The quantitative estimate of drug-likeness (QED) is 0.198. The van der Waals surface area contributed by atoms with E-state index in [0.717, 1.165) is 26.2 Å². The number of thiophene rings is 1. The van der Waals surface area contributed by atoms with Crippen LogP contribution in [0.1, 0.15) is 12.0 Å². The lowest BCUT2D eigenvalue weighted by atomic mass is 9.98. The third-order valence-corrected chi connectivity index (χ3v) is 7.34. The first-order chi connectivity index (χ1) is 16.9. The van der Waals surface area contributed by atoms with E-state index in [2.05, 4.69) is 21.3 Å². The largest absolute Gasteiger partial charge is 0.376 e. The van der Waals surface area contributed by atoms with E-state index in [-0.39, 0.29) is 16.3 Å². The van der Waals surface area contributed by atoms with Crippen LogP contribution in [0.25, 0.3) is 37.1 Å². The second-order valence-electron chi connectivity index (χ2n) is 7.97. The molecule has 0 bridgehead atoms. The number of carbonyl (C=O) groups excluding carboxylic acids is 2. The number of aryl methyl sites for hydroxylation is 1. The highest BCUT2D eigenvalue weighted by atomic mass is 35.5. The lowest BCUT2D eigenvalue weighted by Crippen LogP contribution is -2.30. The molecule has 0 spiro atoms. The van der Waals surface area contributed by atoms with E-state index in [9.17, 15) is 14.9 Å². The number of nitrogens with two attached hydrogens (primary N) is 1. The Hall–Kier alpha value is -3.71. The lowest BCUT2D eigenvalue weighted by Gasteiger charge is -2.12. The van der Waals surface area contributed by atoms with Crippen molar-refractivity contribution in [1.82, 2.24) is 15.2 Å². The minimum Gasteiger partial charge on any atom is -0.376 e. The summed E-state index contributed by atoms with van der Waals surface area (Å²) in [5.74, 6) is -1.29. The van der Waals surface area contributed by atoms with Gasteiger partial charge in [-0.2, -0.15) is 5.26 Å². The number of aromatic nitrogens is 1. The molecular weight excluding hydrogens is 502 g/mol. The Morgan fingerprint density at radius 3 is 2.74 bits per heavy atom. The van der Waals surface area contributed by atoms with Crippen LogP contribution in [0.5, 0.6) is 0 Å². The lowest BCUT2D eigenvalue weighted by molar-refractivity contribution is -0.123. The predicted octanol–water partition coefficient (Wildman–Crippen LogP) is 4.33. The molecule has 7 nitrogen and oxygen atoms in total. The maximum Gasteiger partial charge on any atom is 0.269 e. The van der Waals surface area contributed by atoms with Gasteiger partial charge in [-0.05, 0) is 54.4 Å². The highest BCUT2D eigenvalue weighted by Crippen LogP contribution is 2.45. The van der Waals surface area contributed by atoms with Crippen LogP contribution < -0.4 is 16.4 Å². The van der Waals surface area contributed by atoms with Crippen LogP contribution in [0.3, 0.4) is 0 Å². The topological polar surface area (TPSA) is 113 Å². The number of halogens is 1. The fraction of sp³-hybridized carbons (Fsp3) is 0.120. The molecule has 0 fully saturated rings. The first-order valence-corrected chi connectivity index (χ1v) is 12.3. The van der Waals surface area contributed by atoms with Gasteiger partial charge in [0.1, 0.15) is 11.6 Å². The Morgan fingerprint density at radius 2 is 2.00 bits per heavy atom. The molecule has 0 atom stereocenters. The Morgan fingerprint density at radius 1 is 1.20 bits per heavy atom. The molecule has 10 heteroatoms. The van der Waals surface area contributed by atoms with Crippen molar-refractivity contribution in [3.63, 3.8) is 0 Å². The molecule has 3 heterocycles. The number of amides is 2. The van der Waals surface area contributed by atoms with Crippen LogP contribution in [-0.4, -0.2) is 28.0 Å². The minimum absolute atomic E-state index is 0.0669. The number of rotatable bonds is 6. The number of carbonyl (C=O) groups is 2. The average Bonchev–Trinajstić information content (AvgIpc) is 3.46. The number of hydrogen-bond acceptors (Lipinski definition) is 5. The summed E-state index contributed by atoms with van der Waals surface area (Å²) in [6.07, 6.45) is 0.691. The van der Waals surface area contributed by atoms with E-state index in [1.165, 1.54) is 0 Å². The van der Waals surface area contributed by atoms with Crippen molar-refractivity contribution in [3.05, 3.63) is 64.7 Å². The molecule has 1 aliphatic rings. The van der Waals surface area contributed by atoms with Crippen molar-refractivity contribution in [2.75, 3.05) is 6.54 Å². The molecule has 0 aliphatic carbocycles. The Labute approximate surface area is 214 Å².